The van der Waals surface area contributed by atoms with Crippen LogP contribution in [0.1, 0.15) is 5.56 Å². The molecule has 104 valence electrons. The van der Waals surface area contributed by atoms with Crippen LogP contribution in [-0.2, 0) is 9.84 Å². The predicted octanol–water partition coefficient (Wildman–Crippen LogP) is 5.00. The molecule has 2 nitrogen and oxygen atoms in total. The molecule has 0 fully saturated rings. The zero-order valence-corrected chi connectivity index (χ0v) is 13.1. The van der Waals surface area contributed by atoms with Gasteiger partial charge in [-0.3, -0.25) is 0 Å². The highest BCUT2D eigenvalue weighted by atomic mass is 35.5. The molecule has 0 amide bonds. The molecule has 0 aliphatic rings. The van der Waals surface area contributed by atoms with Crippen molar-refractivity contribution in [3.8, 4) is 0 Å². The van der Waals surface area contributed by atoms with Crippen LogP contribution in [0.25, 0.3) is 6.08 Å². The first-order valence-corrected chi connectivity index (χ1v) is 8.15. The van der Waals surface area contributed by atoms with Gasteiger partial charge in [0.1, 0.15) is 4.36 Å². The summed E-state index contributed by atoms with van der Waals surface area (Å²) >= 11 is 17.6. The Labute approximate surface area is 132 Å². The summed E-state index contributed by atoms with van der Waals surface area (Å²) in [5.74, 6) is 0. The summed E-state index contributed by atoms with van der Waals surface area (Å²) in [4.78, 5) is 0.140. The smallest absolute Gasteiger partial charge is 0.217 e. The maximum atomic E-state index is 12.2. The van der Waals surface area contributed by atoms with E-state index in [4.69, 9.17) is 34.8 Å². The third kappa shape index (κ3) is 3.36. The van der Waals surface area contributed by atoms with Gasteiger partial charge >= 0.3 is 0 Å². The summed E-state index contributed by atoms with van der Waals surface area (Å²) in [6.45, 7) is 0. The molecule has 0 bridgehead atoms. The van der Waals surface area contributed by atoms with E-state index < -0.39 is 9.84 Å². The molecule has 0 aliphatic heterocycles. The lowest BCUT2D eigenvalue weighted by Gasteiger charge is -2.03. The van der Waals surface area contributed by atoms with Gasteiger partial charge in [0.2, 0.25) is 9.84 Å². The van der Waals surface area contributed by atoms with Gasteiger partial charge in [-0.1, -0.05) is 59.1 Å². The third-order valence-electron chi connectivity index (χ3n) is 2.53. The molecule has 20 heavy (non-hydrogen) atoms. The van der Waals surface area contributed by atoms with Crippen LogP contribution in [0.15, 0.2) is 57.8 Å². The van der Waals surface area contributed by atoms with Gasteiger partial charge in [0.15, 0.2) is 0 Å². The Morgan fingerprint density at radius 2 is 1.60 bits per heavy atom. The first-order chi connectivity index (χ1) is 9.41. The van der Waals surface area contributed by atoms with Crippen molar-refractivity contribution < 1.29 is 8.42 Å². The fourth-order valence-corrected chi connectivity index (χ4v) is 3.25. The molecule has 0 aliphatic carbocycles. The number of hydrogen-bond acceptors (Lipinski definition) is 2. The second-order valence-electron chi connectivity index (χ2n) is 3.94. The monoisotopic (exact) mass is 346 g/mol. The van der Waals surface area contributed by atoms with E-state index in [0.717, 1.165) is 0 Å². The van der Waals surface area contributed by atoms with Gasteiger partial charge in [-0.2, -0.15) is 0 Å². The highest BCUT2D eigenvalue weighted by molar-refractivity contribution is 7.97. The minimum atomic E-state index is -3.71. The summed E-state index contributed by atoms with van der Waals surface area (Å²) in [6, 6.07) is 12.7. The molecule has 2 aromatic carbocycles. The molecule has 2 aromatic rings. The van der Waals surface area contributed by atoms with Crippen LogP contribution in [0.2, 0.25) is 10.0 Å². The molecule has 0 aromatic heterocycles. The molecule has 0 saturated heterocycles. The normalized spacial score (nSPS) is 12.4. The van der Waals surface area contributed by atoms with Gasteiger partial charge < -0.3 is 0 Å². The summed E-state index contributed by atoms with van der Waals surface area (Å²) in [5.41, 5.74) is 0.559. The second kappa shape index (κ2) is 6.19. The molecule has 0 N–H and O–H groups in total. The van der Waals surface area contributed by atoms with Gasteiger partial charge in [-0.05, 0) is 35.9 Å². The number of rotatable bonds is 3. The van der Waals surface area contributed by atoms with Crippen molar-refractivity contribution in [2.75, 3.05) is 0 Å². The van der Waals surface area contributed by atoms with Crippen molar-refractivity contribution in [1.82, 2.24) is 0 Å². The van der Waals surface area contributed by atoms with E-state index in [9.17, 15) is 8.42 Å². The zero-order valence-electron chi connectivity index (χ0n) is 10.1. The fourth-order valence-electron chi connectivity index (χ4n) is 1.52. The van der Waals surface area contributed by atoms with Gasteiger partial charge in [-0.15, -0.1) is 0 Å². The minimum Gasteiger partial charge on any atom is -0.218 e. The van der Waals surface area contributed by atoms with Crippen LogP contribution in [0.4, 0.5) is 0 Å². The van der Waals surface area contributed by atoms with E-state index >= 15 is 0 Å². The lowest BCUT2D eigenvalue weighted by atomic mass is 10.2. The van der Waals surface area contributed by atoms with Crippen molar-refractivity contribution in [2.24, 2.45) is 0 Å². The highest BCUT2D eigenvalue weighted by Crippen LogP contribution is 2.27. The molecular weight excluding hydrogens is 339 g/mol. The quantitative estimate of drug-likeness (QED) is 0.782. The molecular formula is C14H9Cl3O2S. The van der Waals surface area contributed by atoms with E-state index in [1.54, 1.807) is 36.4 Å². The predicted molar refractivity (Wildman–Crippen MR) is 83.9 cm³/mol. The average Bonchev–Trinajstić information content (AvgIpc) is 2.44. The Kier molecular flexibility index (Phi) is 4.76. The summed E-state index contributed by atoms with van der Waals surface area (Å²) < 4.78 is 24.2. The second-order valence-corrected chi connectivity index (χ2v) is 7.30. The minimum absolute atomic E-state index is 0.140. The van der Waals surface area contributed by atoms with Crippen LogP contribution in [0.5, 0.6) is 0 Å². The maximum Gasteiger partial charge on any atom is 0.217 e. The average molecular weight is 348 g/mol. The third-order valence-corrected chi connectivity index (χ3v) is 5.52. The maximum absolute atomic E-state index is 12.2. The number of hydrogen-bond donors (Lipinski definition) is 0. The van der Waals surface area contributed by atoms with Crippen LogP contribution in [0, 0.1) is 0 Å². The Bertz CT molecular complexity index is 753. The Hall–Kier alpha value is -1.00. The topological polar surface area (TPSA) is 34.1 Å². The van der Waals surface area contributed by atoms with E-state index in [1.807, 2.05) is 0 Å². The first kappa shape index (κ1) is 15.4. The van der Waals surface area contributed by atoms with E-state index in [-0.39, 0.29) is 9.26 Å². The molecule has 0 unspecified atom stereocenters. The van der Waals surface area contributed by atoms with Crippen molar-refractivity contribution in [2.45, 2.75) is 4.90 Å². The molecule has 2 rings (SSSR count). The van der Waals surface area contributed by atoms with Crippen LogP contribution < -0.4 is 0 Å². The van der Waals surface area contributed by atoms with Crippen LogP contribution >= 0.6 is 34.8 Å². The van der Waals surface area contributed by atoms with Crippen molar-refractivity contribution >= 4 is 50.7 Å². The molecule has 6 heteroatoms. The first-order valence-electron chi connectivity index (χ1n) is 5.53. The lowest BCUT2D eigenvalue weighted by molar-refractivity contribution is 0.604. The van der Waals surface area contributed by atoms with Crippen LogP contribution in [-0.4, -0.2) is 8.42 Å². The molecule has 0 saturated carbocycles. The highest BCUT2D eigenvalue weighted by Gasteiger charge is 2.18. The molecule has 0 spiro atoms. The van der Waals surface area contributed by atoms with Crippen molar-refractivity contribution in [3.63, 3.8) is 0 Å². The van der Waals surface area contributed by atoms with Gasteiger partial charge in [0, 0.05) is 0 Å². The SMILES string of the molecule is O=S(=O)(/C(Cl)=C/c1ccc(Cl)c(Cl)c1)c1ccccc1. The fraction of sp³-hybridized carbons (Fsp3) is 0. The van der Waals surface area contributed by atoms with Crippen molar-refractivity contribution in [1.29, 1.82) is 0 Å². The number of benzene rings is 2. The van der Waals surface area contributed by atoms with Crippen LogP contribution in [0.3, 0.4) is 0 Å². The van der Waals surface area contributed by atoms with E-state index in [2.05, 4.69) is 0 Å². The zero-order chi connectivity index (χ0) is 14.8. The Morgan fingerprint density at radius 1 is 0.950 bits per heavy atom. The summed E-state index contributed by atoms with van der Waals surface area (Å²) in [7, 11) is -3.71. The molecule has 0 heterocycles. The number of sulfone groups is 1. The van der Waals surface area contributed by atoms with Gasteiger partial charge in [0.25, 0.3) is 0 Å². The standard InChI is InChI=1S/C14H9Cl3O2S/c15-12-7-6-10(8-13(12)16)9-14(17)20(18,19)11-4-2-1-3-5-11/h1-9H/b14-9+. The van der Waals surface area contributed by atoms with E-state index in [0.29, 0.717) is 15.6 Å². The lowest BCUT2D eigenvalue weighted by Crippen LogP contribution is -2.00. The summed E-state index contributed by atoms with van der Waals surface area (Å²) in [6.07, 6.45) is 1.34. The van der Waals surface area contributed by atoms with Gasteiger partial charge in [0.05, 0.1) is 14.9 Å². The Morgan fingerprint density at radius 3 is 2.20 bits per heavy atom. The summed E-state index contributed by atoms with van der Waals surface area (Å²) in [5, 5.41) is 0.729. The molecule has 0 radical (unpaired) electrons. The van der Waals surface area contributed by atoms with Gasteiger partial charge in [-0.25, -0.2) is 8.42 Å². The molecule has 0 atom stereocenters. The van der Waals surface area contributed by atoms with Crippen molar-refractivity contribution in [3.05, 3.63) is 68.5 Å². The largest absolute Gasteiger partial charge is 0.218 e. The Balaban J connectivity index is 2.42. The van der Waals surface area contributed by atoms with E-state index in [1.165, 1.54) is 18.2 Å². The number of halogens is 3.